The minimum atomic E-state index is -0.436. The number of likely N-dealkylation sites (tertiary alicyclic amines) is 1. The van der Waals surface area contributed by atoms with Crippen molar-refractivity contribution in [3.63, 3.8) is 0 Å². The van der Waals surface area contributed by atoms with Gasteiger partial charge in [-0.25, -0.2) is 9.67 Å². The van der Waals surface area contributed by atoms with Gasteiger partial charge in [-0.05, 0) is 44.0 Å². The first-order valence-corrected chi connectivity index (χ1v) is 10.9. The normalized spacial score (nSPS) is 16.2. The summed E-state index contributed by atoms with van der Waals surface area (Å²) in [5.41, 5.74) is 2.49. The van der Waals surface area contributed by atoms with E-state index in [2.05, 4.69) is 15.3 Å². The predicted octanol–water partition coefficient (Wildman–Crippen LogP) is 3.72. The van der Waals surface area contributed by atoms with Gasteiger partial charge in [0.05, 0.1) is 15.7 Å². The van der Waals surface area contributed by atoms with Gasteiger partial charge in [0.1, 0.15) is 11.6 Å². The van der Waals surface area contributed by atoms with Crippen molar-refractivity contribution in [1.82, 2.24) is 24.9 Å². The van der Waals surface area contributed by atoms with Crippen LogP contribution in [0.4, 0.5) is 0 Å². The van der Waals surface area contributed by atoms with Crippen LogP contribution in [0.25, 0.3) is 21.3 Å². The number of hydrogen-bond donors (Lipinski definition) is 0. The van der Waals surface area contributed by atoms with Crippen LogP contribution in [0.2, 0.25) is 0 Å². The molecule has 1 amide bonds. The summed E-state index contributed by atoms with van der Waals surface area (Å²) in [7, 11) is 0. The zero-order valence-corrected chi connectivity index (χ0v) is 17.4. The summed E-state index contributed by atoms with van der Waals surface area (Å²) in [5, 5.41) is 8.89. The quantitative estimate of drug-likeness (QED) is 0.471. The van der Waals surface area contributed by atoms with Crippen molar-refractivity contribution in [3.8, 4) is 0 Å². The van der Waals surface area contributed by atoms with Crippen LogP contribution < -0.4 is 0 Å². The third kappa shape index (κ3) is 3.27. The van der Waals surface area contributed by atoms with Crippen LogP contribution in [0.15, 0.2) is 48.5 Å². The van der Waals surface area contributed by atoms with Gasteiger partial charge in [0.2, 0.25) is 5.91 Å². The van der Waals surface area contributed by atoms with Crippen LogP contribution in [0.1, 0.15) is 35.6 Å². The monoisotopic (exact) mass is 419 g/mol. The van der Waals surface area contributed by atoms with Gasteiger partial charge in [-0.2, -0.15) is 0 Å². The van der Waals surface area contributed by atoms with Gasteiger partial charge < -0.3 is 4.90 Å². The van der Waals surface area contributed by atoms with Crippen molar-refractivity contribution in [2.45, 2.75) is 25.8 Å². The number of carbonyl (C=O) groups is 2. The molecule has 1 aliphatic rings. The summed E-state index contributed by atoms with van der Waals surface area (Å²) >= 11 is 1.45. The highest BCUT2D eigenvalue weighted by atomic mass is 32.1. The summed E-state index contributed by atoms with van der Waals surface area (Å²) in [6.45, 7) is 2.98. The fourth-order valence-corrected chi connectivity index (χ4v) is 5.04. The van der Waals surface area contributed by atoms with Crippen molar-refractivity contribution in [2.24, 2.45) is 5.92 Å². The molecule has 0 bridgehead atoms. The number of carbonyl (C=O) groups excluding carboxylic acids is 2. The number of para-hydroxylation sites is 2. The van der Waals surface area contributed by atoms with Gasteiger partial charge in [0.25, 0.3) is 0 Å². The molecule has 152 valence electrons. The third-order valence-corrected chi connectivity index (χ3v) is 6.83. The summed E-state index contributed by atoms with van der Waals surface area (Å²) < 4.78 is 2.71. The Morgan fingerprint density at radius 2 is 1.73 bits per heavy atom. The second kappa shape index (κ2) is 7.60. The van der Waals surface area contributed by atoms with Crippen molar-refractivity contribution in [3.05, 3.63) is 53.5 Å². The topological polar surface area (TPSA) is 81.0 Å². The molecule has 2 aromatic heterocycles. The predicted molar refractivity (Wildman–Crippen MR) is 115 cm³/mol. The fourth-order valence-electron chi connectivity index (χ4n) is 4.06. The van der Waals surface area contributed by atoms with E-state index in [0.717, 1.165) is 21.3 Å². The first-order chi connectivity index (χ1) is 14.6. The maximum atomic E-state index is 13.0. The van der Waals surface area contributed by atoms with Crippen LogP contribution in [0.3, 0.4) is 0 Å². The van der Waals surface area contributed by atoms with Gasteiger partial charge >= 0.3 is 0 Å². The molecule has 8 heteroatoms. The maximum Gasteiger partial charge on any atom is 0.247 e. The molecule has 2 aromatic carbocycles. The lowest BCUT2D eigenvalue weighted by Crippen LogP contribution is -2.43. The molecule has 0 aliphatic carbocycles. The number of amides is 1. The SMILES string of the molecule is CC(C(=O)N1CCC(C(=O)c2nc3ccccc3s2)CC1)n1nnc2ccccc21. The highest BCUT2D eigenvalue weighted by molar-refractivity contribution is 7.20. The Labute approximate surface area is 177 Å². The smallest absolute Gasteiger partial charge is 0.247 e. The van der Waals surface area contributed by atoms with Crippen LogP contribution in [-0.2, 0) is 4.79 Å². The number of aromatic nitrogens is 4. The molecule has 3 heterocycles. The van der Waals surface area contributed by atoms with Gasteiger partial charge in [-0.3, -0.25) is 9.59 Å². The zero-order chi connectivity index (χ0) is 20.7. The second-order valence-corrected chi connectivity index (χ2v) is 8.68. The number of rotatable bonds is 4. The minimum absolute atomic E-state index is 0.0107. The number of nitrogens with zero attached hydrogens (tertiary/aromatic N) is 5. The number of hydrogen-bond acceptors (Lipinski definition) is 6. The molecule has 4 aromatic rings. The maximum absolute atomic E-state index is 13.0. The van der Waals surface area contributed by atoms with E-state index in [1.807, 2.05) is 60.4 Å². The van der Waals surface area contributed by atoms with E-state index in [0.29, 0.717) is 30.9 Å². The number of benzene rings is 2. The van der Waals surface area contributed by atoms with Crippen molar-refractivity contribution in [1.29, 1.82) is 0 Å². The Balaban J connectivity index is 1.26. The first kappa shape index (κ1) is 18.9. The molecule has 1 saturated heterocycles. The Hall–Kier alpha value is -3.13. The fraction of sp³-hybridized carbons (Fsp3) is 0.318. The number of piperidine rings is 1. The largest absolute Gasteiger partial charge is 0.341 e. The average molecular weight is 420 g/mol. The molecule has 1 atom stereocenters. The summed E-state index contributed by atoms with van der Waals surface area (Å²) in [5.74, 6) is 0.0206. The standard InChI is InChI=1S/C22H21N5O2S/c1-14(27-18-8-4-2-6-16(18)24-25-27)22(29)26-12-10-15(11-13-26)20(28)21-23-17-7-3-5-9-19(17)30-21/h2-9,14-15H,10-13H2,1H3. The molecule has 5 rings (SSSR count). The third-order valence-electron chi connectivity index (χ3n) is 5.78. The number of ketones is 1. The molecule has 0 saturated carbocycles. The molecule has 1 aliphatic heterocycles. The molecule has 30 heavy (non-hydrogen) atoms. The summed E-state index contributed by atoms with van der Waals surface area (Å²) in [6, 6.07) is 15.0. The van der Waals surface area contributed by atoms with E-state index in [1.165, 1.54) is 11.3 Å². The lowest BCUT2D eigenvalue weighted by atomic mass is 9.92. The van der Waals surface area contributed by atoms with E-state index in [1.54, 1.807) is 4.68 Å². The number of fused-ring (bicyclic) bond motifs is 2. The van der Waals surface area contributed by atoms with Crippen LogP contribution in [0.5, 0.6) is 0 Å². The Bertz CT molecular complexity index is 1210. The van der Waals surface area contributed by atoms with E-state index in [4.69, 9.17) is 0 Å². The molecular formula is C22H21N5O2S. The van der Waals surface area contributed by atoms with Gasteiger partial charge in [0.15, 0.2) is 10.8 Å². The molecule has 7 nitrogen and oxygen atoms in total. The van der Waals surface area contributed by atoms with Crippen LogP contribution in [-0.4, -0.2) is 49.7 Å². The molecule has 0 spiro atoms. The van der Waals surface area contributed by atoms with E-state index < -0.39 is 6.04 Å². The highest BCUT2D eigenvalue weighted by Crippen LogP contribution is 2.28. The minimum Gasteiger partial charge on any atom is -0.341 e. The van der Waals surface area contributed by atoms with Crippen LogP contribution in [0, 0.1) is 5.92 Å². The Morgan fingerprint density at radius 1 is 1.03 bits per heavy atom. The van der Waals surface area contributed by atoms with E-state index in [-0.39, 0.29) is 17.6 Å². The average Bonchev–Trinajstić information content (AvgIpc) is 3.42. The zero-order valence-electron chi connectivity index (χ0n) is 16.6. The van der Waals surface area contributed by atoms with Gasteiger partial charge in [-0.1, -0.05) is 29.5 Å². The van der Waals surface area contributed by atoms with Crippen molar-refractivity contribution in [2.75, 3.05) is 13.1 Å². The van der Waals surface area contributed by atoms with Gasteiger partial charge in [-0.15, -0.1) is 16.4 Å². The lowest BCUT2D eigenvalue weighted by Gasteiger charge is -2.32. The van der Waals surface area contributed by atoms with Gasteiger partial charge in [0, 0.05) is 19.0 Å². The molecule has 0 radical (unpaired) electrons. The number of thiazole rings is 1. The first-order valence-electron chi connectivity index (χ1n) is 10.1. The summed E-state index contributed by atoms with van der Waals surface area (Å²) in [4.78, 5) is 32.3. The summed E-state index contributed by atoms with van der Waals surface area (Å²) in [6.07, 6.45) is 1.32. The second-order valence-electron chi connectivity index (χ2n) is 7.65. The van der Waals surface area contributed by atoms with E-state index >= 15 is 0 Å². The highest BCUT2D eigenvalue weighted by Gasteiger charge is 2.32. The van der Waals surface area contributed by atoms with Crippen molar-refractivity contribution >= 4 is 44.3 Å². The van der Waals surface area contributed by atoms with Crippen LogP contribution >= 0.6 is 11.3 Å². The van der Waals surface area contributed by atoms with E-state index in [9.17, 15) is 9.59 Å². The molecule has 0 N–H and O–H groups in total. The van der Waals surface area contributed by atoms with Crippen molar-refractivity contribution < 1.29 is 9.59 Å². The Kier molecular flexibility index (Phi) is 4.78. The Morgan fingerprint density at radius 3 is 2.50 bits per heavy atom. The molecule has 1 fully saturated rings. The lowest BCUT2D eigenvalue weighted by molar-refractivity contribution is -0.135. The molecule has 1 unspecified atom stereocenters. The number of Topliss-reactive ketones (excluding diaryl/α,β-unsaturated/α-hetero) is 1. The molecular weight excluding hydrogens is 398 g/mol.